The number of anilines is 1. The van der Waals surface area contributed by atoms with E-state index in [0.717, 1.165) is 0 Å². The largest absolute Gasteiger partial charge is 0.481 e. The molecule has 0 aliphatic heterocycles. The Morgan fingerprint density at radius 2 is 1.73 bits per heavy atom. The standard InChI is InChI=1S/C17H16ClNO3/c1-11(20)15-5-3-4-6-16(15)19-17(21)12(2)22-14-9-7-13(18)8-10-14/h3-10,12H,1-2H3,(H,19,21)/t12-/m1/s1. The van der Waals surface area contributed by atoms with Gasteiger partial charge in [0.15, 0.2) is 11.9 Å². The first-order valence-electron chi connectivity index (χ1n) is 6.80. The van der Waals surface area contributed by atoms with Crippen LogP contribution in [0.25, 0.3) is 0 Å². The maximum atomic E-state index is 12.2. The Hall–Kier alpha value is -2.33. The van der Waals surface area contributed by atoms with Crippen LogP contribution >= 0.6 is 11.6 Å². The van der Waals surface area contributed by atoms with E-state index in [1.54, 1.807) is 55.5 Å². The Morgan fingerprint density at radius 1 is 1.09 bits per heavy atom. The van der Waals surface area contributed by atoms with Crippen LogP contribution in [0.2, 0.25) is 5.02 Å². The van der Waals surface area contributed by atoms with Crippen molar-refractivity contribution in [2.75, 3.05) is 5.32 Å². The molecule has 0 aliphatic rings. The first-order valence-corrected chi connectivity index (χ1v) is 7.18. The summed E-state index contributed by atoms with van der Waals surface area (Å²) in [6.07, 6.45) is -0.707. The van der Waals surface area contributed by atoms with E-state index >= 15 is 0 Å². The van der Waals surface area contributed by atoms with Gasteiger partial charge < -0.3 is 10.1 Å². The molecule has 1 amide bonds. The number of rotatable bonds is 5. The number of para-hydroxylation sites is 1. The third-order valence-electron chi connectivity index (χ3n) is 3.06. The van der Waals surface area contributed by atoms with E-state index < -0.39 is 6.10 Å². The fourth-order valence-electron chi connectivity index (χ4n) is 1.90. The van der Waals surface area contributed by atoms with Gasteiger partial charge in [0.05, 0.1) is 5.69 Å². The molecule has 1 atom stereocenters. The Bertz CT molecular complexity index is 683. The second-order valence-electron chi connectivity index (χ2n) is 4.81. The minimum atomic E-state index is -0.707. The summed E-state index contributed by atoms with van der Waals surface area (Å²) in [5.41, 5.74) is 0.945. The van der Waals surface area contributed by atoms with Crippen LogP contribution in [-0.4, -0.2) is 17.8 Å². The SMILES string of the molecule is CC(=O)c1ccccc1NC(=O)[C@@H](C)Oc1ccc(Cl)cc1. The summed E-state index contributed by atoms with van der Waals surface area (Å²) in [5, 5.41) is 3.31. The fraction of sp³-hybridized carbons (Fsp3) is 0.176. The van der Waals surface area contributed by atoms with Crippen LogP contribution in [0, 0.1) is 0 Å². The smallest absolute Gasteiger partial charge is 0.265 e. The van der Waals surface area contributed by atoms with Crippen LogP contribution in [0.15, 0.2) is 48.5 Å². The normalized spacial score (nSPS) is 11.6. The Morgan fingerprint density at radius 3 is 2.36 bits per heavy atom. The summed E-state index contributed by atoms with van der Waals surface area (Å²) < 4.78 is 5.55. The van der Waals surface area contributed by atoms with E-state index in [-0.39, 0.29) is 11.7 Å². The van der Waals surface area contributed by atoms with Gasteiger partial charge in [0.1, 0.15) is 5.75 Å². The third-order valence-corrected chi connectivity index (χ3v) is 3.31. The van der Waals surface area contributed by atoms with Gasteiger partial charge in [0.2, 0.25) is 0 Å². The molecule has 0 saturated heterocycles. The van der Waals surface area contributed by atoms with Crippen molar-refractivity contribution in [3.05, 3.63) is 59.1 Å². The maximum Gasteiger partial charge on any atom is 0.265 e. The van der Waals surface area contributed by atoms with Gasteiger partial charge in [-0.05, 0) is 50.2 Å². The van der Waals surface area contributed by atoms with E-state index in [2.05, 4.69) is 5.32 Å². The predicted molar refractivity (Wildman–Crippen MR) is 86.6 cm³/mol. The number of ether oxygens (including phenoxy) is 1. The molecule has 0 aromatic heterocycles. The average molecular weight is 318 g/mol. The van der Waals surface area contributed by atoms with Gasteiger partial charge in [0, 0.05) is 10.6 Å². The number of halogens is 1. The van der Waals surface area contributed by atoms with Gasteiger partial charge in [-0.3, -0.25) is 9.59 Å². The monoisotopic (exact) mass is 317 g/mol. The Labute approximate surface area is 134 Å². The number of carbonyl (C=O) groups excluding carboxylic acids is 2. The van der Waals surface area contributed by atoms with Crippen LogP contribution in [0.1, 0.15) is 24.2 Å². The molecule has 0 fully saturated rings. The number of benzene rings is 2. The van der Waals surface area contributed by atoms with Gasteiger partial charge in [-0.15, -0.1) is 0 Å². The van der Waals surface area contributed by atoms with Crippen molar-refractivity contribution in [1.29, 1.82) is 0 Å². The van der Waals surface area contributed by atoms with Crippen molar-refractivity contribution >= 4 is 29.0 Å². The lowest BCUT2D eigenvalue weighted by atomic mass is 10.1. The van der Waals surface area contributed by atoms with Gasteiger partial charge >= 0.3 is 0 Å². The quantitative estimate of drug-likeness (QED) is 0.850. The van der Waals surface area contributed by atoms with Crippen LogP contribution < -0.4 is 10.1 Å². The number of carbonyl (C=O) groups is 2. The lowest BCUT2D eigenvalue weighted by molar-refractivity contribution is -0.122. The number of amides is 1. The van der Waals surface area contributed by atoms with Gasteiger partial charge in [-0.25, -0.2) is 0 Å². The number of hydrogen-bond donors (Lipinski definition) is 1. The summed E-state index contributed by atoms with van der Waals surface area (Å²) in [5.74, 6) is 0.109. The molecule has 4 nitrogen and oxygen atoms in total. The van der Waals surface area contributed by atoms with Crippen LogP contribution in [0.3, 0.4) is 0 Å². The maximum absolute atomic E-state index is 12.2. The summed E-state index contributed by atoms with van der Waals surface area (Å²) in [6, 6.07) is 13.6. The molecule has 0 bridgehead atoms. The van der Waals surface area contributed by atoms with E-state index in [1.165, 1.54) is 6.92 Å². The van der Waals surface area contributed by atoms with Crippen molar-refractivity contribution in [2.24, 2.45) is 0 Å². The zero-order valence-electron chi connectivity index (χ0n) is 12.3. The minimum Gasteiger partial charge on any atom is -0.481 e. The highest BCUT2D eigenvalue weighted by atomic mass is 35.5. The molecule has 0 aliphatic carbocycles. The molecular formula is C17H16ClNO3. The van der Waals surface area contributed by atoms with E-state index in [1.807, 2.05) is 0 Å². The molecular weight excluding hydrogens is 302 g/mol. The second kappa shape index (κ2) is 7.09. The third kappa shape index (κ3) is 4.09. The molecule has 2 rings (SSSR count). The van der Waals surface area contributed by atoms with Crippen molar-refractivity contribution in [2.45, 2.75) is 20.0 Å². The van der Waals surface area contributed by atoms with Crippen LogP contribution in [-0.2, 0) is 4.79 Å². The summed E-state index contributed by atoms with van der Waals surface area (Å²) in [6.45, 7) is 3.10. The van der Waals surface area contributed by atoms with Crippen molar-refractivity contribution in [1.82, 2.24) is 0 Å². The number of Topliss-reactive ketones (excluding diaryl/α,β-unsaturated/α-hetero) is 1. The molecule has 0 heterocycles. The molecule has 114 valence electrons. The predicted octanol–water partition coefficient (Wildman–Crippen LogP) is 3.95. The highest BCUT2D eigenvalue weighted by Crippen LogP contribution is 2.19. The van der Waals surface area contributed by atoms with Crippen molar-refractivity contribution < 1.29 is 14.3 Å². The molecule has 0 spiro atoms. The summed E-state index contributed by atoms with van der Waals surface area (Å²) in [7, 11) is 0. The van der Waals surface area contributed by atoms with Crippen LogP contribution in [0.5, 0.6) is 5.75 Å². The first-order chi connectivity index (χ1) is 10.5. The zero-order valence-corrected chi connectivity index (χ0v) is 13.1. The van der Waals surface area contributed by atoms with Crippen molar-refractivity contribution in [3.63, 3.8) is 0 Å². The molecule has 5 heteroatoms. The minimum absolute atomic E-state index is 0.109. The molecule has 2 aromatic carbocycles. The Balaban J connectivity index is 2.05. The average Bonchev–Trinajstić information content (AvgIpc) is 2.49. The molecule has 22 heavy (non-hydrogen) atoms. The second-order valence-corrected chi connectivity index (χ2v) is 5.24. The van der Waals surface area contributed by atoms with Gasteiger partial charge in [0.25, 0.3) is 5.91 Å². The van der Waals surface area contributed by atoms with Gasteiger partial charge in [-0.1, -0.05) is 23.7 Å². The summed E-state index contributed by atoms with van der Waals surface area (Å²) in [4.78, 5) is 23.7. The fourth-order valence-corrected chi connectivity index (χ4v) is 2.03. The van der Waals surface area contributed by atoms with E-state index in [4.69, 9.17) is 16.3 Å². The number of ketones is 1. The van der Waals surface area contributed by atoms with Crippen LogP contribution in [0.4, 0.5) is 5.69 Å². The molecule has 2 aromatic rings. The summed E-state index contributed by atoms with van der Waals surface area (Å²) >= 11 is 5.80. The van der Waals surface area contributed by atoms with E-state index in [9.17, 15) is 9.59 Å². The highest BCUT2D eigenvalue weighted by Gasteiger charge is 2.17. The molecule has 0 radical (unpaired) electrons. The Kier molecular flexibility index (Phi) is 5.17. The molecule has 0 unspecified atom stereocenters. The molecule has 1 N–H and O–H groups in total. The number of hydrogen-bond acceptors (Lipinski definition) is 3. The highest BCUT2D eigenvalue weighted by molar-refractivity contribution is 6.30. The van der Waals surface area contributed by atoms with Gasteiger partial charge in [-0.2, -0.15) is 0 Å². The molecule has 0 saturated carbocycles. The zero-order chi connectivity index (χ0) is 16.1. The lowest BCUT2D eigenvalue weighted by Crippen LogP contribution is -2.30. The first kappa shape index (κ1) is 16.0. The van der Waals surface area contributed by atoms with Crippen molar-refractivity contribution in [3.8, 4) is 5.75 Å². The lowest BCUT2D eigenvalue weighted by Gasteiger charge is -2.16. The number of nitrogens with one attached hydrogen (secondary N) is 1. The van der Waals surface area contributed by atoms with E-state index in [0.29, 0.717) is 22.0 Å². The topological polar surface area (TPSA) is 55.4 Å².